The summed E-state index contributed by atoms with van der Waals surface area (Å²) in [7, 11) is 0. The zero-order valence-corrected chi connectivity index (χ0v) is 13.2. The van der Waals surface area contributed by atoms with Gasteiger partial charge in [0.1, 0.15) is 0 Å². The number of rotatable bonds is 5. The van der Waals surface area contributed by atoms with Crippen LogP contribution in [0.1, 0.15) is 39.7 Å². The van der Waals surface area contributed by atoms with Crippen molar-refractivity contribution in [2.75, 3.05) is 6.54 Å². The zero-order chi connectivity index (χ0) is 14.6. The molecule has 0 bridgehead atoms. The molecule has 0 radical (unpaired) electrons. The van der Waals surface area contributed by atoms with Crippen molar-refractivity contribution in [3.8, 4) is 0 Å². The molecule has 0 saturated heterocycles. The summed E-state index contributed by atoms with van der Waals surface area (Å²) >= 11 is 0. The molecule has 1 nitrogen and oxygen atoms in total. The maximum absolute atomic E-state index is 3.63. The molecule has 1 atom stereocenters. The molecule has 0 heterocycles. The van der Waals surface area contributed by atoms with Gasteiger partial charge in [-0.2, -0.15) is 0 Å². The molecule has 1 heteroatoms. The van der Waals surface area contributed by atoms with Crippen molar-refractivity contribution in [1.29, 1.82) is 0 Å². The normalized spacial score (nSPS) is 13.6. The fourth-order valence-electron chi connectivity index (χ4n) is 2.79. The summed E-state index contributed by atoms with van der Waals surface area (Å²) in [5.74, 6) is 0. The summed E-state index contributed by atoms with van der Waals surface area (Å²) in [6, 6.07) is 16.0. The SMILES string of the molecule is CCNC(CCc1ccc2ccccc2c1)C(C)(C)C. The highest BCUT2D eigenvalue weighted by atomic mass is 14.9. The third-order valence-electron chi connectivity index (χ3n) is 4.03. The largest absolute Gasteiger partial charge is 0.314 e. The maximum Gasteiger partial charge on any atom is 0.0119 e. The highest BCUT2D eigenvalue weighted by molar-refractivity contribution is 5.82. The number of benzene rings is 2. The van der Waals surface area contributed by atoms with E-state index in [-0.39, 0.29) is 0 Å². The van der Waals surface area contributed by atoms with Crippen LogP contribution in [-0.2, 0) is 6.42 Å². The minimum Gasteiger partial charge on any atom is -0.314 e. The lowest BCUT2D eigenvalue weighted by Crippen LogP contribution is -2.40. The van der Waals surface area contributed by atoms with Gasteiger partial charge in [-0.3, -0.25) is 0 Å². The van der Waals surface area contributed by atoms with Crippen LogP contribution in [-0.4, -0.2) is 12.6 Å². The van der Waals surface area contributed by atoms with Crippen molar-refractivity contribution in [3.05, 3.63) is 48.0 Å². The van der Waals surface area contributed by atoms with Gasteiger partial charge in [0.25, 0.3) is 0 Å². The fraction of sp³-hybridized carbons (Fsp3) is 0.474. The summed E-state index contributed by atoms with van der Waals surface area (Å²) in [6.07, 6.45) is 2.33. The Bertz CT molecular complexity index is 551. The molecule has 2 aromatic rings. The van der Waals surface area contributed by atoms with E-state index in [0.717, 1.165) is 13.0 Å². The average Bonchev–Trinajstić information content (AvgIpc) is 2.42. The van der Waals surface area contributed by atoms with Crippen LogP contribution in [0, 0.1) is 5.41 Å². The molecule has 0 spiro atoms. The van der Waals surface area contributed by atoms with Crippen molar-refractivity contribution in [2.24, 2.45) is 5.41 Å². The Morgan fingerprint density at radius 3 is 2.35 bits per heavy atom. The minimum atomic E-state index is 0.312. The van der Waals surface area contributed by atoms with E-state index in [4.69, 9.17) is 0 Å². The van der Waals surface area contributed by atoms with E-state index in [2.05, 4.69) is 75.5 Å². The second-order valence-electron chi connectivity index (χ2n) is 6.70. The van der Waals surface area contributed by atoms with Gasteiger partial charge in [0.2, 0.25) is 0 Å². The van der Waals surface area contributed by atoms with E-state index in [0.29, 0.717) is 11.5 Å². The fourth-order valence-corrected chi connectivity index (χ4v) is 2.79. The summed E-state index contributed by atoms with van der Waals surface area (Å²) < 4.78 is 0. The molecule has 0 amide bonds. The Balaban J connectivity index is 2.07. The molecule has 1 unspecified atom stereocenters. The Morgan fingerprint density at radius 2 is 1.70 bits per heavy atom. The quantitative estimate of drug-likeness (QED) is 0.822. The van der Waals surface area contributed by atoms with Gasteiger partial charge in [-0.15, -0.1) is 0 Å². The van der Waals surface area contributed by atoms with Crippen LogP contribution >= 0.6 is 0 Å². The summed E-state index contributed by atoms with van der Waals surface area (Å²) in [5, 5.41) is 6.31. The standard InChI is InChI=1S/C19H27N/c1-5-20-18(19(2,3)4)13-11-15-10-12-16-8-6-7-9-17(16)14-15/h6-10,12,14,18,20H,5,11,13H2,1-4H3. The summed E-state index contributed by atoms with van der Waals surface area (Å²) in [4.78, 5) is 0. The molecule has 1 N–H and O–H groups in total. The molecule has 20 heavy (non-hydrogen) atoms. The summed E-state index contributed by atoms with van der Waals surface area (Å²) in [5.41, 5.74) is 1.75. The Morgan fingerprint density at radius 1 is 1.00 bits per heavy atom. The first kappa shape index (κ1) is 15.1. The average molecular weight is 269 g/mol. The van der Waals surface area contributed by atoms with Crippen molar-refractivity contribution < 1.29 is 0 Å². The molecule has 108 valence electrons. The Kier molecular flexibility index (Phi) is 4.82. The van der Waals surface area contributed by atoms with Gasteiger partial charge in [0, 0.05) is 6.04 Å². The minimum absolute atomic E-state index is 0.312. The molecule has 0 saturated carbocycles. The molecule has 2 rings (SSSR count). The molecule has 0 aliphatic carbocycles. The highest BCUT2D eigenvalue weighted by Gasteiger charge is 2.23. The van der Waals surface area contributed by atoms with E-state index in [1.807, 2.05) is 0 Å². The van der Waals surface area contributed by atoms with E-state index in [9.17, 15) is 0 Å². The van der Waals surface area contributed by atoms with Crippen LogP contribution in [0.2, 0.25) is 0 Å². The van der Waals surface area contributed by atoms with Crippen LogP contribution in [0.3, 0.4) is 0 Å². The third-order valence-corrected chi connectivity index (χ3v) is 4.03. The topological polar surface area (TPSA) is 12.0 Å². The Labute approximate surface area is 123 Å². The first-order valence-corrected chi connectivity index (χ1v) is 7.72. The highest BCUT2D eigenvalue weighted by Crippen LogP contribution is 2.24. The second-order valence-corrected chi connectivity index (χ2v) is 6.70. The monoisotopic (exact) mass is 269 g/mol. The first-order chi connectivity index (χ1) is 9.50. The number of hydrogen-bond acceptors (Lipinski definition) is 1. The maximum atomic E-state index is 3.63. The predicted octanol–water partition coefficient (Wildman–Crippen LogP) is 4.80. The van der Waals surface area contributed by atoms with Gasteiger partial charge < -0.3 is 5.32 Å². The van der Waals surface area contributed by atoms with Crippen molar-refractivity contribution in [3.63, 3.8) is 0 Å². The predicted molar refractivity (Wildman–Crippen MR) is 89.2 cm³/mol. The van der Waals surface area contributed by atoms with Crippen molar-refractivity contribution in [1.82, 2.24) is 5.32 Å². The zero-order valence-electron chi connectivity index (χ0n) is 13.2. The van der Waals surface area contributed by atoms with Gasteiger partial charge in [-0.1, -0.05) is 70.2 Å². The van der Waals surface area contributed by atoms with Gasteiger partial charge in [-0.25, -0.2) is 0 Å². The third kappa shape index (κ3) is 3.83. The molecule has 0 aromatic heterocycles. The molecule has 0 aliphatic heterocycles. The summed E-state index contributed by atoms with van der Waals surface area (Å²) in [6.45, 7) is 10.2. The lowest BCUT2D eigenvalue weighted by atomic mass is 9.83. The number of hydrogen-bond donors (Lipinski definition) is 1. The van der Waals surface area contributed by atoms with Crippen molar-refractivity contribution >= 4 is 10.8 Å². The van der Waals surface area contributed by atoms with Crippen LogP contribution in [0.4, 0.5) is 0 Å². The van der Waals surface area contributed by atoms with E-state index < -0.39 is 0 Å². The van der Waals surface area contributed by atoms with Crippen LogP contribution in [0.25, 0.3) is 10.8 Å². The number of nitrogens with one attached hydrogen (secondary N) is 1. The molecule has 2 aromatic carbocycles. The van der Waals surface area contributed by atoms with Gasteiger partial charge >= 0.3 is 0 Å². The lowest BCUT2D eigenvalue weighted by molar-refractivity contribution is 0.258. The molecular weight excluding hydrogens is 242 g/mol. The van der Waals surface area contributed by atoms with Gasteiger partial charge in [0.15, 0.2) is 0 Å². The van der Waals surface area contributed by atoms with Crippen LogP contribution < -0.4 is 5.32 Å². The smallest absolute Gasteiger partial charge is 0.0119 e. The van der Waals surface area contributed by atoms with E-state index >= 15 is 0 Å². The van der Waals surface area contributed by atoms with E-state index in [1.54, 1.807) is 0 Å². The van der Waals surface area contributed by atoms with Crippen LogP contribution in [0.5, 0.6) is 0 Å². The second kappa shape index (κ2) is 6.41. The first-order valence-electron chi connectivity index (χ1n) is 7.72. The van der Waals surface area contributed by atoms with Gasteiger partial charge in [0.05, 0.1) is 0 Å². The van der Waals surface area contributed by atoms with Crippen LogP contribution in [0.15, 0.2) is 42.5 Å². The number of aryl methyl sites for hydroxylation is 1. The van der Waals surface area contributed by atoms with Crippen molar-refractivity contribution in [2.45, 2.75) is 46.6 Å². The molecular formula is C19H27N. The molecule has 0 fully saturated rings. The van der Waals surface area contributed by atoms with E-state index in [1.165, 1.54) is 22.8 Å². The Hall–Kier alpha value is -1.34. The number of fused-ring (bicyclic) bond motifs is 1. The molecule has 0 aliphatic rings. The van der Waals surface area contributed by atoms with Gasteiger partial charge in [-0.05, 0) is 41.1 Å². The lowest BCUT2D eigenvalue weighted by Gasteiger charge is -2.31.